The molecule has 3 fully saturated rings. The fourth-order valence-electron chi connectivity index (χ4n) is 5.01. The molecule has 6 nitrogen and oxygen atoms in total. The first-order valence-corrected chi connectivity index (χ1v) is 9.87. The number of pyridine rings is 1. The zero-order valence-electron chi connectivity index (χ0n) is 15.0. The molecule has 0 saturated heterocycles. The third-order valence-electron chi connectivity index (χ3n) is 6.58. The van der Waals surface area contributed by atoms with Crippen LogP contribution in [0.3, 0.4) is 0 Å². The fourth-order valence-corrected chi connectivity index (χ4v) is 5.01. The van der Waals surface area contributed by atoms with Crippen molar-refractivity contribution in [3.05, 3.63) is 35.7 Å². The van der Waals surface area contributed by atoms with Gasteiger partial charge in [0.1, 0.15) is 5.69 Å². The lowest BCUT2D eigenvalue weighted by Crippen LogP contribution is -2.45. The van der Waals surface area contributed by atoms with E-state index in [1.165, 1.54) is 12.8 Å². The number of carbonyl (C=O) groups excluding carboxylic acids is 1. The molecule has 3 aliphatic carbocycles. The third kappa shape index (κ3) is 2.42. The molecule has 3 aromatic heterocycles. The molecule has 3 heterocycles. The summed E-state index contributed by atoms with van der Waals surface area (Å²) >= 11 is 0. The molecule has 6 rings (SSSR count). The minimum atomic E-state index is -0.0390. The molecular weight excluding hydrogens is 342 g/mol. The zero-order valence-corrected chi connectivity index (χ0v) is 15.0. The summed E-state index contributed by atoms with van der Waals surface area (Å²) in [6, 6.07) is 5.48. The van der Waals surface area contributed by atoms with Crippen LogP contribution in [0, 0.1) is 5.92 Å². The molecule has 138 valence electrons. The van der Waals surface area contributed by atoms with E-state index >= 15 is 0 Å². The number of fused-ring (bicyclic) bond motifs is 3. The summed E-state index contributed by atoms with van der Waals surface area (Å²) in [6.45, 7) is 0. The van der Waals surface area contributed by atoms with Gasteiger partial charge >= 0.3 is 0 Å². The number of nitrogens with zero attached hydrogens (tertiary/aromatic N) is 2. The molecule has 2 bridgehead atoms. The predicted molar refractivity (Wildman–Crippen MR) is 98.3 cm³/mol. The maximum Gasteiger partial charge on any atom is 0.259 e. The van der Waals surface area contributed by atoms with E-state index < -0.39 is 0 Å². The van der Waals surface area contributed by atoms with Crippen LogP contribution >= 0.6 is 0 Å². The molecule has 3 saturated carbocycles. The molecule has 27 heavy (non-hydrogen) atoms. The molecule has 3 aromatic rings. The average molecular weight is 363 g/mol. The first kappa shape index (κ1) is 15.4. The quantitative estimate of drug-likeness (QED) is 0.742. The first-order chi connectivity index (χ1) is 13.2. The van der Waals surface area contributed by atoms with Gasteiger partial charge in [0, 0.05) is 11.5 Å². The van der Waals surface area contributed by atoms with Gasteiger partial charge in [-0.3, -0.25) is 4.79 Å². The highest BCUT2D eigenvalue weighted by Gasteiger charge is 2.46. The van der Waals surface area contributed by atoms with Crippen LogP contribution in [0.15, 0.2) is 33.4 Å². The van der Waals surface area contributed by atoms with Gasteiger partial charge in [-0.05, 0) is 69.1 Å². The molecule has 0 radical (unpaired) electrons. The fraction of sp³-hybridized carbons (Fsp3) is 0.476. The molecule has 1 amide bonds. The SMILES string of the molecule is O=C(NC12CCC(CC1)C2)c1cc(-c2ccco2)nc2onc(C3CC3)c12. The van der Waals surface area contributed by atoms with Crippen LogP contribution in [0.25, 0.3) is 22.6 Å². The largest absolute Gasteiger partial charge is 0.463 e. The molecule has 0 spiro atoms. The number of nitrogens with one attached hydrogen (secondary N) is 1. The van der Waals surface area contributed by atoms with Crippen LogP contribution < -0.4 is 5.32 Å². The van der Waals surface area contributed by atoms with E-state index in [0.29, 0.717) is 28.6 Å². The monoisotopic (exact) mass is 363 g/mol. The maximum atomic E-state index is 13.4. The summed E-state index contributed by atoms with van der Waals surface area (Å²) in [5.74, 6) is 1.74. The zero-order chi connectivity index (χ0) is 18.0. The highest BCUT2D eigenvalue weighted by molar-refractivity contribution is 6.07. The summed E-state index contributed by atoms with van der Waals surface area (Å²) in [7, 11) is 0. The lowest BCUT2D eigenvalue weighted by Gasteiger charge is -2.28. The number of furan rings is 1. The van der Waals surface area contributed by atoms with E-state index in [-0.39, 0.29) is 11.4 Å². The number of hydrogen-bond acceptors (Lipinski definition) is 5. The molecular formula is C21H21N3O3. The van der Waals surface area contributed by atoms with Crippen molar-refractivity contribution in [2.45, 2.75) is 56.4 Å². The summed E-state index contributed by atoms with van der Waals surface area (Å²) < 4.78 is 11.0. The van der Waals surface area contributed by atoms with Gasteiger partial charge in [0.2, 0.25) is 0 Å². The second kappa shape index (κ2) is 5.44. The van der Waals surface area contributed by atoms with E-state index in [1.54, 1.807) is 6.26 Å². The van der Waals surface area contributed by atoms with Crippen LogP contribution in [0.1, 0.15) is 66.9 Å². The lowest BCUT2D eigenvalue weighted by molar-refractivity contribution is 0.0902. The average Bonchev–Trinajstić information content (AvgIpc) is 3.12. The van der Waals surface area contributed by atoms with Gasteiger partial charge in [-0.1, -0.05) is 5.16 Å². The Morgan fingerprint density at radius 2 is 2.07 bits per heavy atom. The van der Waals surface area contributed by atoms with Crippen molar-refractivity contribution in [2.24, 2.45) is 5.92 Å². The van der Waals surface area contributed by atoms with Crippen molar-refractivity contribution < 1.29 is 13.7 Å². The Bertz CT molecular complexity index is 1020. The number of carbonyl (C=O) groups is 1. The Hall–Kier alpha value is -2.63. The summed E-state index contributed by atoms with van der Waals surface area (Å²) in [4.78, 5) is 17.9. The number of amides is 1. The van der Waals surface area contributed by atoms with Gasteiger partial charge in [0.25, 0.3) is 11.6 Å². The van der Waals surface area contributed by atoms with E-state index in [4.69, 9.17) is 8.94 Å². The smallest absolute Gasteiger partial charge is 0.259 e. The molecule has 0 atom stereocenters. The first-order valence-electron chi connectivity index (χ1n) is 9.87. The predicted octanol–water partition coefficient (Wildman–Crippen LogP) is 4.42. The van der Waals surface area contributed by atoms with Gasteiger partial charge in [-0.15, -0.1) is 0 Å². The standard InChI is InChI=1S/C21H21N3O3/c25-19(23-21-7-5-12(11-21)6-8-21)14-10-15(16-2-1-9-26-16)22-20-17(14)18(24-27-20)13-3-4-13/h1-2,9-10,12-13H,3-8,11H2,(H,23,25). The summed E-state index contributed by atoms with van der Waals surface area (Å²) in [5.41, 5.74) is 2.48. The van der Waals surface area contributed by atoms with Gasteiger partial charge in [-0.2, -0.15) is 0 Å². The van der Waals surface area contributed by atoms with Crippen LogP contribution in [0.4, 0.5) is 0 Å². The van der Waals surface area contributed by atoms with Crippen molar-refractivity contribution in [3.8, 4) is 11.5 Å². The Balaban J connectivity index is 1.46. The number of hydrogen-bond donors (Lipinski definition) is 1. The molecule has 1 N–H and O–H groups in total. The minimum absolute atomic E-state index is 0.0287. The third-order valence-corrected chi connectivity index (χ3v) is 6.58. The van der Waals surface area contributed by atoms with Gasteiger partial charge in [0.15, 0.2) is 5.76 Å². The lowest BCUT2D eigenvalue weighted by atomic mass is 9.93. The van der Waals surface area contributed by atoms with Crippen LogP contribution in [-0.4, -0.2) is 21.6 Å². The van der Waals surface area contributed by atoms with E-state index in [1.807, 2.05) is 18.2 Å². The molecule has 6 heteroatoms. The van der Waals surface area contributed by atoms with E-state index in [9.17, 15) is 4.79 Å². The summed E-state index contributed by atoms with van der Waals surface area (Å²) in [5, 5.41) is 8.40. The second-order valence-corrected chi connectivity index (χ2v) is 8.44. The second-order valence-electron chi connectivity index (χ2n) is 8.44. The van der Waals surface area contributed by atoms with Crippen molar-refractivity contribution in [1.82, 2.24) is 15.5 Å². The maximum absolute atomic E-state index is 13.4. The Labute approximate surface area is 156 Å². The summed E-state index contributed by atoms with van der Waals surface area (Å²) in [6.07, 6.45) is 9.52. The van der Waals surface area contributed by atoms with Gasteiger partial charge in [-0.25, -0.2) is 4.98 Å². The van der Waals surface area contributed by atoms with E-state index in [0.717, 1.165) is 49.1 Å². The highest BCUT2D eigenvalue weighted by atomic mass is 16.5. The van der Waals surface area contributed by atoms with Gasteiger partial charge in [0.05, 0.1) is 22.9 Å². The Morgan fingerprint density at radius 3 is 2.74 bits per heavy atom. The normalized spacial score (nSPS) is 26.7. The molecule has 0 aliphatic heterocycles. The Morgan fingerprint density at radius 1 is 1.22 bits per heavy atom. The van der Waals surface area contributed by atoms with Crippen molar-refractivity contribution in [2.75, 3.05) is 0 Å². The number of rotatable bonds is 4. The van der Waals surface area contributed by atoms with Crippen molar-refractivity contribution in [1.29, 1.82) is 0 Å². The molecule has 3 aliphatic rings. The minimum Gasteiger partial charge on any atom is -0.463 e. The van der Waals surface area contributed by atoms with E-state index in [2.05, 4.69) is 15.5 Å². The van der Waals surface area contributed by atoms with Gasteiger partial charge < -0.3 is 14.3 Å². The van der Waals surface area contributed by atoms with Crippen LogP contribution in [-0.2, 0) is 0 Å². The molecule has 0 aromatic carbocycles. The van der Waals surface area contributed by atoms with Crippen molar-refractivity contribution >= 4 is 17.0 Å². The number of aromatic nitrogens is 2. The van der Waals surface area contributed by atoms with Crippen LogP contribution in [0.2, 0.25) is 0 Å². The van der Waals surface area contributed by atoms with Crippen molar-refractivity contribution in [3.63, 3.8) is 0 Å². The topological polar surface area (TPSA) is 81.2 Å². The van der Waals surface area contributed by atoms with Crippen LogP contribution in [0.5, 0.6) is 0 Å². The Kier molecular flexibility index (Phi) is 3.11. The highest BCUT2D eigenvalue weighted by Crippen LogP contribution is 2.48. The molecule has 0 unspecified atom stereocenters.